The molecular formula is C18H31Cl2N3O. The minimum Gasteiger partial charge on any atom is -0.350 e. The fraction of sp³-hybridized carbons (Fsp3) is 0.611. The number of rotatable bonds is 5. The first-order chi connectivity index (χ1) is 10.4. The third-order valence-corrected chi connectivity index (χ3v) is 4.39. The number of likely N-dealkylation sites (tertiary alicyclic amines) is 1. The van der Waals surface area contributed by atoms with E-state index in [2.05, 4.69) is 41.4 Å². The molecule has 0 saturated carbocycles. The van der Waals surface area contributed by atoms with Gasteiger partial charge in [-0.25, -0.2) is 0 Å². The van der Waals surface area contributed by atoms with Crippen molar-refractivity contribution in [1.29, 1.82) is 0 Å². The number of piperidine rings is 1. The number of halogens is 2. The summed E-state index contributed by atoms with van der Waals surface area (Å²) < 4.78 is 0. The van der Waals surface area contributed by atoms with Crippen LogP contribution in [0, 0.1) is 0 Å². The molecule has 1 saturated heterocycles. The van der Waals surface area contributed by atoms with Gasteiger partial charge in [0.05, 0.1) is 5.54 Å². The molecule has 1 aromatic carbocycles. The Balaban J connectivity index is 0.00000264. The van der Waals surface area contributed by atoms with E-state index in [4.69, 9.17) is 5.73 Å². The zero-order valence-electron chi connectivity index (χ0n) is 14.9. The fourth-order valence-electron chi connectivity index (χ4n) is 2.80. The van der Waals surface area contributed by atoms with Crippen LogP contribution in [0.25, 0.3) is 0 Å². The van der Waals surface area contributed by atoms with E-state index >= 15 is 0 Å². The van der Waals surface area contributed by atoms with Crippen LogP contribution in [-0.2, 0) is 17.9 Å². The third-order valence-electron chi connectivity index (χ3n) is 4.39. The second-order valence-electron chi connectivity index (χ2n) is 7.04. The fourth-order valence-corrected chi connectivity index (χ4v) is 2.80. The molecule has 0 radical (unpaired) electrons. The van der Waals surface area contributed by atoms with Gasteiger partial charge in [-0.15, -0.1) is 24.8 Å². The summed E-state index contributed by atoms with van der Waals surface area (Å²) in [4.78, 5) is 14.3. The van der Waals surface area contributed by atoms with E-state index in [-0.39, 0.29) is 30.7 Å². The van der Waals surface area contributed by atoms with Gasteiger partial charge >= 0.3 is 0 Å². The number of carbonyl (C=O) groups excluding carboxylic acids is 1. The number of benzene rings is 1. The highest BCUT2D eigenvalue weighted by Gasteiger charge is 2.21. The van der Waals surface area contributed by atoms with Gasteiger partial charge in [0.2, 0.25) is 5.91 Å². The van der Waals surface area contributed by atoms with Crippen LogP contribution in [0.1, 0.15) is 51.2 Å². The molecule has 4 nitrogen and oxygen atoms in total. The van der Waals surface area contributed by atoms with E-state index in [9.17, 15) is 4.79 Å². The monoisotopic (exact) mass is 375 g/mol. The normalized spacial score (nSPS) is 18.2. The molecule has 6 heteroatoms. The molecule has 1 fully saturated rings. The van der Waals surface area contributed by atoms with Crippen LogP contribution in [0.5, 0.6) is 0 Å². The Labute approximate surface area is 158 Å². The van der Waals surface area contributed by atoms with Crippen molar-refractivity contribution in [2.75, 3.05) is 6.54 Å². The van der Waals surface area contributed by atoms with Gasteiger partial charge < -0.3 is 11.1 Å². The number of nitrogens with two attached hydrogens (primary N) is 1. The van der Waals surface area contributed by atoms with E-state index in [1.807, 2.05) is 0 Å². The molecule has 2 rings (SSSR count). The summed E-state index contributed by atoms with van der Waals surface area (Å²) in [5, 5.41) is 2.87. The van der Waals surface area contributed by atoms with Crippen LogP contribution < -0.4 is 11.1 Å². The van der Waals surface area contributed by atoms with Crippen molar-refractivity contribution in [2.24, 2.45) is 5.73 Å². The van der Waals surface area contributed by atoms with E-state index < -0.39 is 5.54 Å². The second-order valence-corrected chi connectivity index (χ2v) is 7.04. The average molecular weight is 376 g/mol. The standard InChI is InChI=1S/C18H29N3O.2ClH/c1-14-6-4-5-11-21(14)13-16-9-7-15(8-10-16)12-20-17(22)18(2,3)19;;/h7-10,14H,4-6,11-13,19H2,1-3H3,(H,20,22);2*1H. The molecule has 1 aliphatic rings. The summed E-state index contributed by atoms with van der Waals surface area (Å²) >= 11 is 0. The van der Waals surface area contributed by atoms with Gasteiger partial charge in [-0.3, -0.25) is 9.69 Å². The summed E-state index contributed by atoms with van der Waals surface area (Å²) in [5.41, 5.74) is 7.38. The molecule has 0 aromatic heterocycles. The Bertz CT molecular complexity index is 500. The lowest BCUT2D eigenvalue weighted by atomic mass is 10.0. The number of nitrogens with zero attached hydrogens (tertiary/aromatic N) is 1. The molecule has 3 N–H and O–H groups in total. The van der Waals surface area contributed by atoms with Crippen molar-refractivity contribution in [3.63, 3.8) is 0 Å². The largest absolute Gasteiger partial charge is 0.350 e. The summed E-state index contributed by atoms with van der Waals surface area (Å²) in [5.74, 6) is -0.126. The molecule has 1 heterocycles. The first kappa shape index (κ1) is 23.2. The predicted molar refractivity (Wildman–Crippen MR) is 105 cm³/mol. The topological polar surface area (TPSA) is 58.4 Å². The van der Waals surface area contributed by atoms with E-state index in [0.717, 1.165) is 12.1 Å². The summed E-state index contributed by atoms with van der Waals surface area (Å²) in [6, 6.07) is 9.19. The van der Waals surface area contributed by atoms with Crippen LogP contribution in [-0.4, -0.2) is 28.9 Å². The van der Waals surface area contributed by atoms with Crippen LogP contribution in [0.15, 0.2) is 24.3 Å². The lowest BCUT2D eigenvalue weighted by Crippen LogP contribution is -2.48. The van der Waals surface area contributed by atoms with Gasteiger partial charge in [0.15, 0.2) is 0 Å². The Morgan fingerprint density at radius 1 is 1.21 bits per heavy atom. The Morgan fingerprint density at radius 2 is 1.79 bits per heavy atom. The molecule has 1 aromatic rings. The van der Waals surface area contributed by atoms with Gasteiger partial charge in [0.1, 0.15) is 0 Å². The van der Waals surface area contributed by atoms with Crippen molar-refractivity contribution in [3.8, 4) is 0 Å². The molecular weight excluding hydrogens is 345 g/mol. The van der Waals surface area contributed by atoms with Crippen LogP contribution in [0.3, 0.4) is 0 Å². The summed E-state index contributed by atoms with van der Waals surface area (Å²) in [6.07, 6.45) is 3.97. The quantitative estimate of drug-likeness (QED) is 0.829. The lowest BCUT2D eigenvalue weighted by molar-refractivity contribution is -0.125. The number of amides is 1. The van der Waals surface area contributed by atoms with E-state index in [1.165, 1.54) is 31.4 Å². The van der Waals surface area contributed by atoms with Crippen LogP contribution in [0.2, 0.25) is 0 Å². The maximum Gasteiger partial charge on any atom is 0.239 e. The number of carbonyl (C=O) groups is 1. The Hall–Kier alpha value is -0.810. The van der Waals surface area contributed by atoms with Gasteiger partial charge in [0, 0.05) is 19.1 Å². The molecule has 1 atom stereocenters. The highest BCUT2D eigenvalue weighted by molar-refractivity contribution is 5.85. The van der Waals surface area contributed by atoms with Crippen molar-refractivity contribution in [3.05, 3.63) is 35.4 Å². The molecule has 0 aliphatic carbocycles. The highest BCUT2D eigenvalue weighted by atomic mass is 35.5. The van der Waals surface area contributed by atoms with Crippen molar-refractivity contribution in [1.82, 2.24) is 10.2 Å². The SMILES string of the molecule is CC1CCCCN1Cc1ccc(CNC(=O)C(C)(C)N)cc1.Cl.Cl. The van der Waals surface area contributed by atoms with E-state index in [1.54, 1.807) is 13.8 Å². The first-order valence-corrected chi connectivity index (χ1v) is 8.25. The van der Waals surface area contributed by atoms with Crippen LogP contribution >= 0.6 is 24.8 Å². The van der Waals surface area contributed by atoms with Gasteiger partial charge in [-0.2, -0.15) is 0 Å². The lowest BCUT2D eigenvalue weighted by Gasteiger charge is -2.33. The Kier molecular flexibility index (Phi) is 9.90. The summed E-state index contributed by atoms with van der Waals surface area (Å²) in [7, 11) is 0. The smallest absolute Gasteiger partial charge is 0.239 e. The van der Waals surface area contributed by atoms with Gasteiger partial charge in [-0.05, 0) is 51.3 Å². The molecule has 138 valence electrons. The zero-order valence-corrected chi connectivity index (χ0v) is 16.5. The minimum absolute atomic E-state index is 0. The first-order valence-electron chi connectivity index (χ1n) is 8.25. The van der Waals surface area contributed by atoms with E-state index in [0.29, 0.717) is 12.6 Å². The van der Waals surface area contributed by atoms with Crippen molar-refractivity contribution < 1.29 is 4.79 Å². The van der Waals surface area contributed by atoms with Gasteiger partial charge in [0.25, 0.3) is 0 Å². The number of hydrogen-bond acceptors (Lipinski definition) is 3. The average Bonchev–Trinajstić information content (AvgIpc) is 2.47. The molecule has 1 unspecified atom stereocenters. The molecule has 1 amide bonds. The molecule has 24 heavy (non-hydrogen) atoms. The predicted octanol–water partition coefficient (Wildman–Crippen LogP) is 3.26. The zero-order chi connectivity index (χ0) is 16.2. The minimum atomic E-state index is -0.829. The summed E-state index contributed by atoms with van der Waals surface area (Å²) in [6.45, 7) is 8.49. The maximum atomic E-state index is 11.8. The second kappa shape index (κ2) is 10.2. The third kappa shape index (κ3) is 6.98. The molecule has 0 bridgehead atoms. The number of nitrogens with one attached hydrogen (secondary N) is 1. The highest BCUT2D eigenvalue weighted by Crippen LogP contribution is 2.19. The maximum absolute atomic E-state index is 11.8. The van der Waals surface area contributed by atoms with Crippen molar-refractivity contribution in [2.45, 2.75) is 64.7 Å². The Morgan fingerprint density at radius 3 is 2.33 bits per heavy atom. The molecule has 0 spiro atoms. The van der Waals surface area contributed by atoms with Gasteiger partial charge in [-0.1, -0.05) is 30.7 Å². The van der Waals surface area contributed by atoms with Crippen molar-refractivity contribution >= 4 is 30.7 Å². The number of hydrogen-bond donors (Lipinski definition) is 2. The molecule has 1 aliphatic heterocycles. The van der Waals surface area contributed by atoms with Crippen LogP contribution in [0.4, 0.5) is 0 Å².